The zero-order valence-corrected chi connectivity index (χ0v) is 17.1. The second-order valence-corrected chi connectivity index (χ2v) is 8.57. The molecule has 10 heteroatoms. The van der Waals surface area contributed by atoms with Gasteiger partial charge < -0.3 is 15.4 Å². The third-order valence-corrected chi connectivity index (χ3v) is 5.55. The number of fused-ring (bicyclic) bond motifs is 1. The fraction of sp³-hybridized carbons (Fsp3) is 0.500. The number of hydrogen-bond donors (Lipinski definition) is 2. The predicted octanol–water partition coefficient (Wildman–Crippen LogP) is 0.195. The lowest BCUT2D eigenvalue weighted by Gasteiger charge is -2.21. The molecule has 1 aliphatic heterocycles. The molecular formula is C18H25N3O6S. The molecule has 0 spiro atoms. The van der Waals surface area contributed by atoms with Crippen LogP contribution in [0.2, 0.25) is 0 Å². The van der Waals surface area contributed by atoms with Crippen LogP contribution in [0, 0.1) is 0 Å². The lowest BCUT2D eigenvalue weighted by Crippen LogP contribution is -2.46. The van der Waals surface area contributed by atoms with Gasteiger partial charge in [-0.15, -0.1) is 0 Å². The summed E-state index contributed by atoms with van der Waals surface area (Å²) < 4.78 is 30.2. The number of benzene rings is 1. The standard InChI is InChI=1S/C18H25N3O6S/c1-5-19-17(23)12(3)20-16(22)10-27-18(24)13-6-7-15-14(9-13)8-11(2)21(15)28(4,25)26/h6-7,9,11-12H,5,8,10H2,1-4H3,(H,19,23)(H,20,22)/t11-,12-/m0/s1. The first-order valence-electron chi connectivity index (χ1n) is 8.91. The summed E-state index contributed by atoms with van der Waals surface area (Å²) in [6.07, 6.45) is 1.62. The summed E-state index contributed by atoms with van der Waals surface area (Å²) in [5, 5.41) is 5.01. The predicted molar refractivity (Wildman–Crippen MR) is 104 cm³/mol. The molecule has 2 amide bonds. The fourth-order valence-corrected chi connectivity index (χ4v) is 4.39. The molecular weight excluding hydrogens is 386 g/mol. The van der Waals surface area contributed by atoms with E-state index in [1.54, 1.807) is 26.0 Å². The Morgan fingerprint density at radius 3 is 2.61 bits per heavy atom. The van der Waals surface area contributed by atoms with Gasteiger partial charge in [0.25, 0.3) is 5.91 Å². The zero-order valence-electron chi connectivity index (χ0n) is 16.3. The number of esters is 1. The summed E-state index contributed by atoms with van der Waals surface area (Å²) in [6.45, 7) is 5.01. The molecule has 0 saturated carbocycles. The first-order valence-corrected chi connectivity index (χ1v) is 10.8. The topological polar surface area (TPSA) is 122 Å². The zero-order chi connectivity index (χ0) is 21.1. The summed E-state index contributed by atoms with van der Waals surface area (Å²) in [4.78, 5) is 35.6. The maximum Gasteiger partial charge on any atom is 0.338 e. The minimum atomic E-state index is -3.41. The normalized spacial score (nSPS) is 16.9. The van der Waals surface area contributed by atoms with E-state index in [2.05, 4.69) is 10.6 Å². The Hall–Kier alpha value is -2.62. The van der Waals surface area contributed by atoms with Gasteiger partial charge in [0.2, 0.25) is 15.9 Å². The SMILES string of the molecule is CCNC(=O)[C@H](C)NC(=O)COC(=O)c1ccc2c(c1)C[C@H](C)N2S(C)(=O)=O. The van der Waals surface area contributed by atoms with Crippen LogP contribution < -0.4 is 14.9 Å². The maximum atomic E-state index is 12.2. The third-order valence-electron chi connectivity index (χ3n) is 4.28. The molecule has 0 radical (unpaired) electrons. The van der Waals surface area contributed by atoms with Crippen molar-refractivity contribution in [2.75, 3.05) is 23.7 Å². The van der Waals surface area contributed by atoms with Crippen LogP contribution in [0.5, 0.6) is 0 Å². The number of carbonyl (C=O) groups excluding carboxylic acids is 3. The van der Waals surface area contributed by atoms with E-state index < -0.39 is 34.5 Å². The molecule has 2 rings (SSSR count). The highest BCUT2D eigenvalue weighted by atomic mass is 32.2. The number of amides is 2. The smallest absolute Gasteiger partial charge is 0.338 e. The van der Waals surface area contributed by atoms with Gasteiger partial charge in [-0.2, -0.15) is 0 Å². The van der Waals surface area contributed by atoms with Gasteiger partial charge in [0.1, 0.15) is 6.04 Å². The van der Waals surface area contributed by atoms with Gasteiger partial charge in [0, 0.05) is 12.6 Å². The average Bonchev–Trinajstić information content (AvgIpc) is 2.94. The average molecular weight is 411 g/mol. The van der Waals surface area contributed by atoms with Crippen LogP contribution in [0.15, 0.2) is 18.2 Å². The van der Waals surface area contributed by atoms with Gasteiger partial charge in [-0.3, -0.25) is 13.9 Å². The largest absolute Gasteiger partial charge is 0.452 e. The number of nitrogens with zero attached hydrogens (tertiary/aromatic N) is 1. The Labute approximate surface area is 164 Å². The van der Waals surface area contributed by atoms with Crippen LogP contribution in [0.3, 0.4) is 0 Å². The number of anilines is 1. The van der Waals surface area contributed by atoms with Crippen LogP contribution >= 0.6 is 0 Å². The Morgan fingerprint density at radius 1 is 1.32 bits per heavy atom. The molecule has 0 fully saturated rings. The van der Waals surface area contributed by atoms with Crippen molar-refractivity contribution in [1.82, 2.24) is 10.6 Å². The molecule has 2 N–H and O–H groups in total. The molecule has 1 heterocycles. The highest BCUT2D eigenvalue weighted by Crippen LogP contribution is 2.34. The monoisotopic (exact) mass is 411 g/mol. The molecule has 0 saturated heterocycles. The van der Waals surface area contributed by atoms with E-state index >= 15 is 0 Å². The van der Waals surface area contributed by atoms with Crippen LogP contribution in [0.1, 0.15) is 36.7 Å². The number of ether oxygens (including phenoxy) is 1. The minimum absolute atomic E-state index is 0.228. The number of nitrogens with one attached hydrogen (secondary N) is 2. The van der Waals surface area contributed by atoms with E-state index in [-0.39, 0.29) is 17.5 Å². The first kappa shape index (κ1) is 21.7. The summed E-state index contributed by atoms with van der Waals surface area (Å²) >= 11 is 0. The summed E-state index contributed by atoms with van der Waals surface area (Å²) in [7, 11) is -3.41. The van der Waals surface area contributed by atoms with E-state index in [4.69, 9.17) is 4.74 Å². The van der Waals surface area contributed by atoms with E-state index in [1.807, 2.05) is 0 Å². The molecule has 9 nitrogen and oxygen atoms in total. The molecule has 0 aromatic heterocycles. The molecule has 0 aliphatic carbocycles. The Morgan fingerprint density at radius 2 is 2.00 bits per heavy atom. The molecule has 2 atom stereocenters. The van der Waals surface area contributed by atoms with Gasteiger partial charge in [-0.1, -0.05) is 0 Å². The van der Waals surface area contributed by atoms with Crippen molar-refractivity contribution in [2.45, 2.75) is 39.3 Å². The molecule has 1 aromatic rings. The molecule has 0 bridgehead atoms. The Balaban J connectivity index is 1.98. The number of carbonyl (C=O) groups is 3. The van der Waals surface area contributed by atoms with E-state index in [0.29, 0.717) is 18.7 Å². The highest BCUT2D eigenvalue weighted by molar-refractivity contribution is 7.92. The lowest BCUT2D eigenvalue weighted by molar-refractivity contribution is -0.130. The van der Waals surface area contributed by atoms with Gasteiger partial charge in [0.15, 0.2) is 6.61 Å². The first-order chi connectivity index (χ1) is 13.0. The van der Waals surface area contributed by atoms with Crippen molar-refractivity contribution in [3.05, 3.63) is 29.3 Å². The van der Waals surface area contributed by atoms with E-state index in [0.717, 1.165) is 11.8 Å². The fourth-order valence-electron chi connectivity index (χ4n) is 3.13. The quantitative estimate of drug-likeness (QED) is 0.618. The lowest BCUT2D eigenvalue weighted by atomic mass is 10.1. The minimum Gasteiger partial charge on any atom is -0.452 e. The second kappa shape index (κ2) is 8.59. The van der Waals surface area contributed by atoms with Crippen molar-refractivity contribution in [3.63, 3.8) is 0 Å². The number of rotatable bonds is 7. The number of sulfonamides is 1. The number of hydrogen-bond acceptors (Lipinski definition) is 6. The van der Waals surface area contributed by atoms with Crippen molar-refractivity contribution >= 4 is 33.5 Å². The van der Waals surface area contributed by atoms with Crippen molar-refractivity contribution in [3.8, 4) is 0 Å². The van der Waals surface area contributed by atoms with Crippen molar-refractivity contribution in [1.29, 1.82) is 0 Å². The van der Waals surface area contributed by atoms with E-state index in [9.17, 15) is 22.8 Å². The van der Waals surface area contributed by atoms with Crippen molar-refractivity contribution in [2.24, 2.45) is 0 Å². The van der Waals surface area contributed by atoms with Gasteiger partial charge in [0.05, 0.1) is 17.5 Å². The summed E-state index contributed by atoms with van der Waals surface area (Å²) in [5.41, 5.74) is 1.49. The summed E-state index contributed by atoms with van der Waals surface area (Å²) in [5.74, 6) is -1.62. The summed E-state index contributed by atoms with van der Waals surface area (Å²) in [6, 6.07) is 3.63. The third kappa shape index (κ3) is 5.00. The van der Waals surface area contributed by atoms with Crippen LogP contribution in [-0.2, 0) is 30.8 Å². The van der Waals surface area contributed by atoms with Gasteiger partial charge in [-0.25, -0.2) is 13.2 Å². The van der Waals surface area contributed by atoms with Gasteiger partial charge in [-0.05, 0) is 51.0 Å². The van der Waals surface area contributed by atoms with Crippen molar-refractivity contribution < 1.29 is 27.5 Å². The van der Waals surface area contributed by atoms with Crippen LogP contribution in [-0.4, -0.2) is 57.7 Å². The van der Waals surface area contributed by atoms with Gasteiger partial charge >= 0.3 is 5.97 Å². The molecule has 1 aromatic carbocycles. The molecule has 1 aliphatic rings. The second-order valence-electron chi connectivity index (χ2n) is 6.72. The number of likely N-dealkylation sites (N-methyl/N-ethyl adjacent to an activating group) is 1. The van der Waals surface area contributed by atoms with E-state index in [1.165, 1.54) is 17.3 Å². The highest BCUT2D eigenvalue weighted by Gasteiger charge is 2.33. The Kier molecular flexibility index (Phi) is 6.65. The molecule has 154 valence electrons. The van der Waals surface area contributed by atoms with Crippen LogP contribution in [0.4, 0.5) is 5.69 Å². The molecule has 0 unspecified atom stereocenters. The molecule has 28 heavy (non-hydrogen) atoms. The maximum absolute atomic E-state index is 12.2. The Bertz CT molecular complexity index is 883. The van der Waals surface area contributed by atoms with Crippen LogP contribution in [0.25, 0.3) is 0 Å².